The molecule has 1 fully saturated rings. The molecule has 0 aromatic heterocycles. The van der Waals surface area contributed by atoms with Gasteiger partial charge in [-0.1, -0.05) is 22.4 Å². The van der Waals surface area contributed by atoms with Crippen molar-refractivity contribution in [2.75, 3.05) is 30.8 Å². The second-order valence-corrected chi connectivity index (χ2v) is 6.62. The van der Waals surface area contributed by atoms with Gasteiger partial charge in [0.25, 0.3) is 0 Å². The lowest BCUT2D eigenvalue weighted by Gasteiger charge is -2.33. The molecule has 0 saturated carbocycles. The summed E-state index contributed by atoms with van der Waals surface area (Å²) in [6.45, 7) is 3.39. The van der Waals surface area contributed by atoms with Crippen LogP contribution in [0, 0.1) is 0 Å². The molecule has 0 amide bonds. The van der Waals surface area contributed by atoms with Crippen LogP contribution >= 0.6 is 15.9 Å². The van der Waals surface area contributed by atoms with Crippen LogP contribution in [-0.2, 0) is 14.8 Å². The molecule has 0 N–H and O–H groups in total. The van der Waals surface area contributed by atoms with E-state index in [2.05, 4.69) is 15.9 Å². The zero-order valence-electron chi connectivity index (χ0n) is 9.69. The van der Waals surface area contributed by atoms with Crippen molar-refractivity contribution in [3.05, 3.63) is 0 Å². The van der Waals surface area contributed by atoms with Gasteiger partial charge in [0.15, 0.2) is 0 Å². The average Bonchev–Trinajstić information content (AvgIpc) is 2.29. The monoisotopic (exact) mass is 313 g/mol. The third-order valence-electron chi connectivity index (χ3n) is 2.80. The summed E-state index contributed by atoms with van der Waals surface area (Å²) in [4.78, 5) is 0. The molecule has 0 aromatic carbocycles. The van der Waals surface area contributed by atoms with Crippen LogP contribution < -0.4 is 0 Å². The molecule has 1 heterocycles. The maximum absolute atomic E-state index is 12.1. The Labute approximate surface area is 107 Å². The summed E-state index contributed by atoms with van der Waals surface area (Å²) in [5, 5.41) is 0.723. The fraction of sp³-hybridized carbons (Fsp3) is 1.00. The number of sulfonamides is 1. The van der Waals surface area contributed by atoms with E-state index in [1.165, 1.54) is 0 Å². The van der Waals surface area contributed by atoms with E-state index in [0.29, 0.717) is 19.8 Å². The third-order valence-corrected chi connectivity index (χ3v) is 5.42. The topological polar surface area (TPSA) is 46.6 Å². The predicted molar refractivity (Wildman–Crippen MR) is 68.4 cm³/mol. The Kier molecular flexibility index (Phi) is 6.25. The van der Waals surface area contributed by atoms with Crippen molar-refractivity contribution in [2.24, 2.45) is 0 Å². The highest BCUT2D eigenvalue weighted by atomic mass is 79.9. The largest absolute Gasteiger partial charge is 0.381 e. The number of ether oxygens (including phenoxy) is 1. The van der Waals surface area contributed by atoms with Gasteiger partial charge in [-0.05, 0) is 19.8 Å². The normalized spacial score (nSPS) is 23.5. The number of nitrogens with zero attached hydrogens (tertiary/aromatic N) is 1. The Morgan fingerprint density at radius 2 is 2.19 bits per heavy atom. The van der Waals surface area contributed by atoms with Crippen molar-refractivity contribution in [3.8, 4) is 0 Å². The Morgan fingerprint density at radius 1 is 1.44 bits per heavy atom. The summed E-state index contributed by atoms with van der Waals surface area (Å²) in [6, 6.07) is 0.125. The summed E-state index contributed by atoms with van der Waals surface area (Å²) in [5.74, 6) is 0.102. The fourth-order valence-electron chi connectivity index (χ4n) is 1.92. The molecule has 0 aromatic rings. The van der Waals surface area contributed by atoms with Crippen molar-refractivity contribution >= 4 is 26.0 Å². The second kappa shape index (κ2) is 6.93. The molecule has 4 nitrogen and oxygen atoms in total. The number of halogens is 1. The maximum Gasteiger partial charge on any atom is 0.216 e. The van der Waals surface area contributed by atoms with Gasteiger partial charge < -0.3 is 4.74 Å². The molecular formula is C10H20BrNO3S. The van der Waals surface area contributed by atoms with Crippen LogP contribution in [0.25, 0.3) is 0 Å². The quantitative estimate of drug-likeness (QED) is 0.553. The van der Waals surface area contributed by atoms with Gasteiger partial charge in [-0.25, -0.2) is 8.42 Å². The van der Waals surface area contributed by atoms with E-state index in [0.717, 1.165) is 24.6 Å². The molecule has 0 bridgehead atoms. The highest BCUT2D eigenvalue weighted by Gasteiger charge is 2.31. The summed E-state index contributed by atoms with van der Waals surface area (Å²) in [6.07, 6.45) is 3.05. The molecular weight excluding hydrogens is 294 g/mol. The van der Waals surface area contributed by atoms with Gasteiger partial charge in [0, 0.05) is 24.5 Å². The first-order chi connectivity index (χ1) is 7.61. The molecule has 1 unspecified atom stereocenters. The van der Waals surface area contributed by atoms with E-state index in [9.17, 15) is 8.42 Å². The molecule has 0 radical (unpaired) electrons. The van der Waals surface area contributed by atoms with Crippen LogP contribution in [0.4, 0.5) is 0 Å². The molecule has 1 atom stereocenters. The zero-order valence-corrected chi connectivity index (χ0v) is 12.1. The van der Waals surface area contributed by atoms with E-state index in [1.54, 1.807) is 4.31 Å². The van der Waals surface area contributed by atoms with Crippen LogP contribution in [0.5, 0.6) is 0 Å². The summed E-state index contributed by atoms with van der Waals surface area (Å²) >= 11 is 3.39. The molecule has 16 heavy (non-hydrogen) atoms. The van der Waals surface area contributed by atoms with Crippen LogP contribution in [0.3, 0.4) is 0 Å². The maximum atomic E-state index is 12.1. The lowest BCUT2D eigenvalue weighted by atomic mass is 10.1. The van der Waals surface area contributed by atoms with Crippen molar-refractivity contribution < 1.29 is 13.2 Å². The van der Waals surface area contributed by atoms with Gasteiger partial charge in [0.2, 0.25) is 10.0 Å². The molecule has 0 spiro atoms. The minimum Gasteiger partial charge on any atom is -0.381 e. The Balaban J connectivity index is 2.57. The Bertz CT molecular complexity index is 294. The van der Waals surface area contributed by atoms with E-state index < -0.39 is 10.0 Å². The van der Waals surface area contributed by atoms with E-state index in [4.69, 9.17) is 4.74 Å². The van der Waals surface area contributed by atoms with Gasteiger partial charge >= 0.3 is 0 Å². The number of hydrogen-bond acceptors (Lipinski definition) is 3. The standard InChI is InChI=1S/C10H20BrNO3S/c1-2-15-7-8-16(13,14)12-6-4-3-5-10(12)9-11/h10H,2-9H2,1H3. The average molecular weight is 314 g/mol. The van der Waals surface area contributed by atoms with Crippen molar-refractivity contribution in [2.45, 2.75) is 32.2 Å². The lowest BCUT2D eigenvalue weighted by Crippen LogP contribution is -2.46. The van der Waals surface area contributed by atoms with Crippen molar-refractivity contribution in [1.29, 1.82) is 0 Å². The van der Waals surface area contributed by atoms with Gasteiger partial charge in [0.1, 0.15) is 0 Å². The molecule has 1 saturated heterocycles. The summed E-state index contributed by atoms with van der Waals surface area (Å²) in [7, 11) is -3.14. The van der Waals surface area contributed by atoms with Crippen molar-refractivity contribution in [1.82, 2.24) is 4.31 Å². The molecule has 0 aliphatic carbocycles. The molecule has 1 aliphatic rings. The number of alkyl halides is 1. The zero-order chi connectivity index (χ0) is 12.0. The van der Waals surface area contributed by atoms with Gasteiger partial charge in [-0.3, -0.25) is 0 Å². The SMILES string of the molecule is CCOCCS(=O)(=O)N1CCCCC1CBr. The predicted octanol–water partition coefficient (Wildman–Crippen LogP) is 1.60. The highest BCUT2D eigenvalue weighted by molar-refractivity contribution is 9.09. The minimum absolute atomic E-state index is 0.102. The minimum atomic E-state index is -3.14. The molecule has 1 rings (SSSR count). The van der Waals surface area contributed by atoms with E-state index >= 15 is 0 Å². The number of piperidine rings is 1. The Morgan fingerprint density at radius 3 is 2.81 bits per heavy atom. The summed E-state index contributed by atoms with van der Waals surface area (Å²) < 4.78 is 30.9. The van der Waals surface area contributed by atoms with Gasteiger partial charge in [0.05, 0.1) is 12.4 Å². The first kappa shape index (κ1) is 14.4. The fourth-order valence-corrected chi connectivity index (χ4v) is 4.39. The first-order valence-corrected chi connectivity index (χ1v) is 8.48. The van der Waals surface area contributed by atoms with Crippen LogP contribution in [0.2, 0.25) is 0 Å². The van der Waals surface area contributed by atoms with Crippen LogP contribution in [0.15, 0.2) is 0 Å². The van der Waals surface area contributed by atoms with Crippen LogP contribution in [0.1, 0.15) is 26.2 Å². The lowest BCUT2D eigenvalue weighted by molar-refractivity contribution is 0.161. The first-order valence-electron chi connectivity index (χ1n) is 5.75. The van der Waals surface area contributed by atoms with Gasteiger partial charge in [-0.15, -0.1) is 0 Å². The van der Waals surface area contributed by atoms with E-state index in [-0.39, 0.29) is 11.8 Å². The molecule has 1 aliphatic heterocycles. The Hall–Kier alpha value is 0.350. The molecule has 6 heteroatoms. The number of hydrogen-bond donors (Lipinski definition) is 0. The third kappa shape index (κ3) is 3.98. The van der Waals surface area contributed by atoms with Crippen LogP contribution in [-0.4, -0.2) is 49.6 Å². The highest BCUT2D eigenvalue weighted by Crippen LogP contribution is 2.22. The smallest absolute Gasteiger partial charge is 0.216 e. The second-order valence-electron chi connectivity index (χ2n) is 3.93. The van der Waals surface area contributed by atoms with Gasteiger partial charge in [-0.2, -0.15) is 4.31 Å². The van der Waals surface area contributed by atoms with E-state index in [1.807, 2.05) is 6.92 Å². The summed E-state index contributed by atoms with van der Waals surface area (Å²) in [5.41, 5.74) is 0. The van der Waals surface area contributed by atoms with Crippen molar-refractivity contribution in [3.63, 3.8) is 0 Å². The molecule has 96 valence electrons. The number of rotatable bonds is 6.